The molecule has 0 aliphatic carbocycles. The van der Waals surface area contributed by atoms with Gasteiger partial charge in [-0.1, -0.05) is 49.1 Å². The molecule has 32 heavy (non-hydrogen) atoms. The number of allylic oxidation sites excluding steroid dienone is 1. The van der Waals surface area contributed by atoms with Crippen molar-refractivity contribution < 1.29 is 20.1 Å². The van der Waals surface area contributed by atoms with Gasteiger partial charge in [0.15, 0.2) is 0 Å². The Kier molecular flexibility index (Phi) is 8.34. The van der Waals surface area contributed by atoms with Crippen molar-refractivity contribution in [3.63, 3.8) is 0 Å². The molecule has 3 rings (SSSR count). The molecule has 0 aliphatic heterocycles. The fourth-order valence-corrected chi connectivity index (χ4v) is 3.77. The first kappa shape index (κ1) is 23.4. The molecule has 166 valence electrons. The first-order chi connectivity index (χ1) is 15.5. The van der Waals surface area contributed by atoms with E-state index in [0.717, 1.165) is 27.6 Å². The van der Waals surface area contributed by atoms with E-state index >= 15 is 0 Å². The van der Waals surface area contributed by atoms with Crippen LogP contribution in [-0.4, -0.2) is 46.7 Å². The minimum absolute atomic E-state index is 0.183. The SMILES string of the molecule is C=C(COC)/C(=C/CO)C(O)CC/C(=C/c1ccc(O)c2ccccc12)c1ccccn1. The molecule has 2 aromatic carbocycles. The Bertz CT molecular complexity index is 1120. The van der Waals surface area contributed by atoms with Crippen LogP contribution in [0.5, 0.6) is 5.75 Å². The number of aromatic nitrogens is 1. The normalized spacial score (nSPS) is 13.3. The van der Waals surface area contributed by atoms with Gasteiger partial charge in [-0.25, -0.2) is 0 Å². The number of fused-ring (bicyclic) bond motifs is 1. The van der Waals surface area contributed by atoms with E-state index in [4.69, 9.17) is 4.74 Å². The van der Waals surface area contributed by atoms with E-state index in [2.05, 4.69) is 17.6 Å². The molecule has 0 spiro atoms. The summed E-state index contributed by atoms with van der Waals surface area (Å²) in [6.45, 7) is 4.06. The van der Waals surface area contributed by atoms with Gasteiger partial charge in [0.25, 0.3) is 0 Å². The van der Waals surface area contributed by atoms with Crippen molar-refractivity contribution in [2.75, 3.05) is 20.3 Å². The smallest absolute Gasteiger partial charge is 0.123 e. The number of hydrogen-bond acceptors (Lipinski definition) is 5. The van der Waals surface area contributed by atoms with Crippen LogP contribution < -0.4 is 0 Å². The van der Waals surface area contributed by atoms with E-state index in [-0.39, 0.29) is 19.0 Å². The van der Waals surface area contributed by atoms with Crippen molar-refractivity contribution in [2.45, 2.75) is 18.9 Å². The second-order valence-corrected chi connectivity index (χ2v) is 7.54. The van der Waals surface area contributed by atoms with Crippen LogP contribution in [0.15, 0.2) is 84.6 Å². The molecule has 3 N–H and O–H groups in total. The van der Waals surface area contributed by atoms with Crippen molar-refractivity contribution in [1.29, 1.82) is 0 Å². The molecule has 0 amide bonds. The number of aliphatic hydroxyl groups excluding tert-OH is 2. The summed E-state index contributed by atoms with van der Waals surface area (Å²) in [4.78, 5) is 4.51. The monoisotopic (exact) mass is 431 g/mol. The van der Waals surface area contributed by atoms with Crippen LogP contribution in [0.1, 0.15) is 24.1 Å². The van der Waals surface area contributed by atoms with Gasteiger partial charge in [-0.15, -0.1) is 0 Å². The maximum Gasteiger partial charge on any atom is 0.123 e. The Morgan fingerprint density at radius 1 is 1.09 bits per heavy atom. The van der Waals surface area contributed by atoms with Crippen molar-refractivity contribution >= 4 is 22.4 Å². The second-order valence-electron chi connectivity index (χ2n) is 7.54. The highest BCUT2D eigenvalue weighted by atomic mass is 16.5. The maximum absolute atomic E-state index is 10.8. The number of rotatable bonds is 10. The van der Waals surface area contributed by atoms with E-state index in [1.165, 1.54) is 0 Å². The third-order valence-corrected chi connectivity index (χ3v) is 5.34. The number of phenolic OH excluding ortho intramolecular Hbond substituents is 1. The minimum Gasteiger partial charge on any atom is -0.507 e. The lowest BCUT2D eigenvalue weighted by molar-refractivity contribution is 0.191. The van der Waals surface area contributed by atoms with Crippen LogP contribution in [0, 0.1) is 0 Å². The number of methoxy groups -OCH3 is 1. The highest BCUT2D eigenvalue weighted by molar-refractivity contribution is 5.98. The average molecular weight is 432 g/mol. The molecule has 0 radical (unpaired) electrons. The number of aromatic hydroxyl groups is 1. The van der Waals surface area contributed by atoms with E-state index in [0.29, 0.717) is 24.0 Å². The van der Waals surface area contributed by atoms with Crippen LogP contribution in [0.3, 0.4) is 0 Å². The van der Waals surface area contributed by atoms with Crippen LogP contribution in [0.2, 0.25) is 0 Å². The Morgan fingerprint density at radius 3 is 2.53 bits per heavy atom. The van der Waals surface area contributed by atoms with E-state index in [1.54, 1.807) is 25.4 Å². The first-order valence-corrected chi connectivity index (χ1v) is 10.5. The van der Waals surface area contributed by atoms with E-state index in [9.17, 15) is 15.3 Å². The highest BCUT2D eigenvalue weighted by Crippen LogP contribution is 2.31. The standard InChI is InChI=1S/C27H29NO4/c1-19(18-32-2)22(14-16-29)26(30)13-11-21(25-9-5-6-15-28-25)17-20-10-12-27(31)24-8-4-3-7-23(20)24/h3-10,12,14-15,17,26,29-31H,1,11,13,16,18H2,2H3/b21-17-,22-14-. The predicted octanol–water partition coefficient (Wildman–Crippen LogP) is 4.74. The van der Waals surface area contributed by atoms with Crippen LogP contribution in [0.25, 0.3) is 22.4 Å². The Balaban J connectivity index is 1.94. The number of pyridine rings is 1. The summed E-state index contributed by atoms with van der Waals surface area (Å²) in [5.74, 6) is 0.239. The summed E-state index contributed by atoms with van der Waals surface area (Å²) >= 11 is 0. The fourth-order valence-electron chi connectivity index (χ4n) is 3.77. The van der Waals surface area contributed by atoms with Crippen LogP contribution in [0.4, 0.5) is 0 Å². The highest BCUT2D eigenvalue weighted by Gasteiger charge is 2.16. The zero-order chi connectivity index (χ0) is 22.9. The summed E-state index contributed by atoms with van der Waals surface area (Å²) in [5, 5.41) is 32.1. The number of ether oxygens (including phenoxy) is 1. The molecule has 0 saturated heterocycles. The molecule has 0 saturated carbocycles. The van der Waals surface area contributed by atoms with Crippen molar-refractivity contribution in [3.05, 3.63) is 95.9 Å². The molecule has 1 heterocycles. The van der Waals surface area contributed by atoms with Gasteiger partial charge in [-0.3, -0.25) is 4.98 Å². The molecular formula is C27H29NO4. The van der Waals surface area contributed by atoms with Crippen molar-refractivity contribution in [1.82, 2.24) is 4.98 Å². The number of nitrogens with zero attached hydrogens (tertiary/aromatic N) is 1. The Morgan fingerprint density at radius 2 is 1.84 bits per heavy atom. The summed E-state index contributed by atoms with van der Waals surface area (Å²) < 4.78 is 5.13. The van der Waals surface area contributed by atoms with Crippen molar-refractivity contribution in [3.8, 4) is 5.75 Å². The summed E-state index contributed by atoms with van der Waals surface area (Å²) in [5.41, 5.74) is 3.97. The van der Waals surface area contributed by atoms with E-state index in [1.807, 2.05) is 48.5 Å². The molecule has 5 heteroatoms. The summed E-state index contributed by atoms with van der Waals surface area (Å²) in [6, 6.07) is 17.0. The predicted molar refractivity (Wildman–Crippen MR) is 129 cm³/mol. The molecular weight excluding hydrogens is 402 g/mol. The van der Waals surface area contributed by atoms with E-state index < -0.39 is 6.10 Å². The number of phenols is 1. The maximum atomic E-state index is 10.8. The fraction of sp³-hybridized carbons (Fsp3) is 0.222. The third-order valence-electron chi connectivity index (χ3n) is 5.34. The number of hydrogen-bond donors (Lipinski definition) is 3. The number of benzene rings is 2. The van der Waals surface area contributed by atoms with Crippen LogP contribution >= 0.6 is 0 Å². The molecule has 5 nitrogen and oxygen atoms in total. The molecule has 0 aliphatic rings. The minimum atomic E-state index is -0.798. The summed E-state index contributed by atoms with van der Waals surface area (Å²) in [6.07, 6.45) is 5.54. The lowest BCUT2D eigenvalue weighted by atomic mass is 9.93. The lowest BCUT2D eigenvalue weighted by Crippen LogP contribution is -2.15. The average Bonchev–Trinajstić information content (AvgIpc) is 2.82. The Labute approximate surface area is 188 Å². The van der Waals surface area contributed by atoms with Gasteiger partial charge < -0.3 is 20.1 Å². The molecule has 1 unspecified atom stereocenters. The van der Waals surface area contributed by atoms with Gasteiger partial charge >= 0.3 is 0 Å². The Hall–Kier alpha value is -3.25. The van der Waals surface area contributed by atoms with Gasteiger partial charge in [0.1, 0.15) is 5.75 Å². The molecule has 3 aromatic rings. The summed E-state index contributed by atoms with van der Waals surface area (Å²) in [7, 11) is 1.57. The number of aliphatic hydroxyl groups is 2. The largest absolute Gasteiger partial charge is 0.507 e. The first-order valence-electron chi connectivity index (χ1n) is 10.5. The zero-order valence-corrected chi connectivity index (χ0v) is 18.2. The van der Waals surface area contributed by atoms with Gasteiger partial charge in [0, 0.05) is 18.7 Å². The van der Waals surface area contributed by atoms with Gasteiger partial charge in [0.05, 0.1) is 25.0 Å². The van der Waals surface area contributed by atoms with Gasteiger partial charge in [-0.05, 0) is 64.8 Å². The topological polar surface area (TPSA) is 82.8 Å². The second kappa shape index (κ2) is 11.4. The van der Waals surface area contributed by atoms with Gasteiger partial charge in [0.2, 0.25) is 0 Å². The van der Waals surface area contributed by atoms with Crippen LogP contribution in [-0.2, 0) is 4.74 Å². The van der Waals surface area contributed by atoms with Crippen molar-refractivity contribution in [2.24, 2.45) is 0 Å². The zero-order valence-electron chi connectivity index (χ0n) is 18.2. The quantitative estimate of drug-likeness (QED) is 0.404. The lowest BCUT2D eigenvalue weighted by Gasteiger charge is -2.18. The molecule has 0 bridgehead atoms. The molecule has 1 aromatic heterocycles. The molecule has 0 fully saturated rings. The van der Waals surface area contributed by atoms with Gasteiger partial charge in [-0.2, -0.15) is 0 Å². The molecule has 1 atom stereocenters. The third kappa shape index (κ3) is 5.71.